The van der Waals surface area contributed by atoms with Crippen LogP contribution >= 0.6 is 0 Å². The lowest BCUT2D eigenvalue weighted by Gasteiger charge is -2.42. The molecule has 0 bridgehead atoms. The molecule has 0 N–H and O–H groups in total. The number of carbonyl (C=O) groups is 2. The lowest BCUT2D eigenvalue weighted by atomic mass is 9.76. The maximum Gasteiger partial charge on any atom is 0.315 e. The summed E-state index contributed by atoms with van der Waals surface area (Å²) in [6.45, 7) is 12.9. The number of cyclic esters (lactones) is 1. The maximum atomic E-state index is 12.9. The van der Waals surface area contributed by atoms with Gasteiger partial charge in [-0.1, -0.05) is 20.8 Å². The van der Waals surface area contributed by atoms with Crippen LogP contribution in [0.3, 0.4) is 0 Å². The highest BCUT2D eigenvalue weighted by Crippen LogP contribution is 2.48. The fourth-order valence-electron chi connectivity index (χ4n) is 4.88. The quantitative estimate of drug-likeness (QED) is 0.120. The lowest BCUT2D eigenvalue weighted by molar-refractivity contribution is -0.179. The Morgan fingerprint density at radius 2 is 1.71 bits per heavy atom. The van der Waals surface area contributed by atoms with Crippen molar-refractivity contribution in [2.75, 3.05) is 20.8 Å². The van der Waals surface area contributed by atoms with E-state index < -0.39 is 38.6 Å². The fraction of sp³-hybridized carbons (Fsp3) is 0.625. The first kappa shape index (κ1) is 32.6. The Labute approximate surface area is 246 Å². The normalized spacial score (nSPS) is 22.3. The predicted octanol–water partition coefficient (Wildman–Crippen LogP) is 6.40. The zero-order chi connectivity index (χ0) is 30.2. The number of rotatable bonds is 12. The lowest BCUT2D eigenvalue weighted by Crippen LogP contribution is -2.45. The first-order chi connectivity index (χ1) is 19.4. The van der Waals surface area contributed by atoms with Crippen LogP contribution in [0.2, 0.25) is 18.1 Å². The number of hydrogen-bond donors (Lipinski definition) is 0. The van der Waals surface area contributed by atoms with E-state index in [1.54, 1.807) is 14.2 Å². The molecule has 1 aromatic rings. The molecule has 1 fully saturated rings. The van der Waals surface area contributed by atoms with E-state index >= 15 is 0 Å². The summed E-state index contributed by atoms with van der Waals surface area (Å²) < 4.78 is 34.6. The molecule has 4 atom stereocenters. The third kappa shape index (κ3) is 8.52. The van der Waals surface area contributed by atoms with E-state index in [4.69, 9.17) is 28.1 Å². The topological polar surface area (TPSA) is 89.5 Å². The van der Waals surface area contributed by atoms with Crippen LogP contribution < -0.4 is 9.47 Å². The molecule has 41 heavy (non-hydrogen) atoms. The average Bonchev–Trinajstić information content (AvgIpc) is 3.20. The second kappa shape index (κ2) is 14.3. The van der Waals surface area contributed by atoms with Crippen molar-refractivity contribution in [1.82, 2.24) is 0 Å². The van der Waals surface area contributed by atoms with E-state index in [1.165, 1.54) is 6.92 Å². The predicted molar refractivity (Wildman–Crippen MR) is 159 cm³/mol. The van der Waals surface area contributed by atoms with Crippen LogP contribution in [0.5, 0.6) is 11.5 Å². The van der Waals surface area contributed by atoms with Crippen LogP contribution in [0.15, 0.2) is 35.6 Å². The van der Waals surface area contributed by atoms with Crippen LogP contribution in [0.1, 0.15) is 66.2 Å². The fourth-order valence-corrected chi connectivity index (χ4v) is 6.02. The SMILES string of the molecule is COc1ccc(OCCCCC#CCCC2=C(O[Si](C)(C)C(C)(C)C)C[C@H]3[C@H](OC(C)=O)OC(=O)[C@H]3C2OC)cc1. The van der Waals surface area contributed by atoms with Gasteiger partial charge in [0, 0.05) is 33.3 Å². The molecular formula is C32H46O8Si. The largest absolute Gasteiger partial charge is 0.546 e. The van der Waals surface area contributed by atoms with E-state index in [9.17, 15) is 9.59 Å². The molecule has 3 rings (SSSR count). The highest BCUT2D eigenvalue weighted by Gasteiger charge is 2.55. The molecule has 0 spiro atoms. The number of ether oxygens (including phenoxy) is 5. The van der Waals surface area contributed by atoms with Gasteiger partial charge in [-0.3, -0.25) is 9.59 Å². The summed E-state index contributed by atoms with van der Waals surface area (Å²) in [5.74, 6) is 7.24. The Kier molecular flexibility index (Phi) is 11.3. The van der Waals surface area contributed by atoms with E-state index in [-0.39, 0.29) is 11.0 Å². The van der Waals surface area contributed by atoms with Gasteiger partial charge in [0.05, 0.1) is 37.4 Å². The highest BCUT2D eigenvalue weighted by molar-refractivity contribution is 6.74. The molecular weight excluding hydrogens is 540 g/mol. The Bertz CT molecular complexity index is 1140. The number of fused-ring (bicyclic) bond motifs is 1. The van der Waals surface area contributed by atoms with Crippen molar-refractivity contribution in [1.29, 1.82) is 0 Å². The summed E-state index contributed by atoms with van der Waals surface area (Å²) in [6, 6.07) is 7.57. The molecule has 0 radical (unpaired) electrons. The van der Waals surface area contributed by atoms with Gasteiger partial charge in [-0.15, -0.1) is 11.8 Å². The van der Waals surface area contributed by atoms with Crippen molar-refractivity contribution >= 4 is 20.3 Å². The van der Waals surface area contributed by atoms with E-state index in [0.29, 0.717) is 25.9 Å². The number of esters is 2. The van der Waals surface area contributed by atoms with Gasteiger partial charge in [-0.25, -0.2) is 0 Å². The van der Waals surface area contributed by atoms with Crippen molar-refractivity contribution in [3.8, 4) is 23.3 Å². The number of methoxy groups -OCH3 is 2. The first-order valence-electron chi connectivity index (χ1n) is 14.4. The van der Waals surface area contributed by atoms with Gasteiger partial charge in [0.15, 0.2) is 0 Å². The smallest absolute Gasteiger partial charge is 0.315 e. The van der Waals surface area contributed by atoms with E-state index in [2.05, 4.69) is 45.7 Å². The third-order valence-electron chi connectivity index (χ3n) is 8.15. The average molecular weight is 587 g/mol. The monoisotopic (exact) mass is 586 g/mol. The van der Waals surface area contributed by atoms with Gasteiger partial charge >= 0.3 is 11.9 Å². The molecule has 8 nitrogen and oxygen atoms in total. The highest BCUT2D eigenvalue weighted by atomic mass is 28.4. The minimum atomic E-state index is -2.20. The molecule has 1 unspecified atom stereocenters. The summed E-state index contributed by atoms with van der Waals surface area (Å²) in [6.07, 6.45) is 2.90. The Balaban J connectivity index is 1.64. The molecule has 0 saturated carbocycles. The molecule has 0 aromatic heterocycles. The first-order valence-corrected chi connectivity index (χ1v) is 17.3. The Morgan fingerprint density at radius 1 is 1.05 bits per heavy atom. The zero-order valence-corrected chi connectivity index (χ0v) is 26.8. The minimum Gasteiger partial charge on any atom is -0.546 e. The van der Waals surface area contributed by atoms with Gasteiger partial charge in [-0.05, 0) is 67.2 Å². The number of hydrogen-bond acceptors (Lipinski definition) is 8. The summed E-state index contributed by atoms with van der Waals surface area (Å²) in [4.78, 5) is 24.6. The molecule has 2 aliphatic rings. The number of unbranched alkanes of at least 4 members (excludes halogenated alkanes) is 2. The molecule has 1 aromatic carbocycles. The number of carbonyl (C=O) groups excluding carboxylic acids is 2. The summed E-state index contributed by atoms with van der Waals surface area (Å²) in [5.41, 5.74) is 0.959. The molecule has 1 aliphatic carbocycles. The molecule has 9 heteroatoms. The molecule has 226 valence electrons. The second-order valence-electron chi connectivity index (χ2n) is 12.1. The minimum absolute atomic E-state index is 0.0152. The summed E-state index contributed by atoms with van der Waals surface area (Å²) in [7, 11) is 1.05. The molecule has 0 amide bonds. The van der Waals surface area contributed by atoms with Crippen LogP contribution in [0.25, 0.3) is 0 Å². The van der Waals surface area contributed by atoms with Gasteiger partial charge < -0.3 is 28.1 Å². The third-order valence-corrected chi connectivity index (χ3v) is 12.5. The van der Waals surface area contributed by atoms with Crippen LogP contribution in [-0.2, 0) is 28.2 Å². The van der Waals surface area contributed by atoms with Crippen LogP contribution in [0.4, 0.5) is 0 Å². The Morgan fingerprint density at radius 3 is 2.32 bits per heavy atom. The van der Waals surface area contributed by atoms with E-state index in [0.717, 1.165) is 42.1 Å². The summed E-state index contributed by atoms with van der Waals surface area (Å²) in [5, 5.41) is -0.0152. The van der Waals surface area contributed by atoms with Gasteiger partial charge in [0.25, 0.3) is 6.29 Å². The maximum absolute atomic E-state index is 12.9. The van der Waals surface area contributed by atoms with Gasteiger partial charge in [-0.2, -0.15) is 0 Å². The van der Waals surface area contributed by atoms with Crippen molar-refractivity contribution in [3.05, 3.63) is 35.6 Å². The molecule has 1 heterocycles. The van der Waals surface area contributed by atoms with Crippen LogP contribution in [-0.4, -0.2) is 53.5 Å². The van der Waals surface area contributed by atoms with Crippen molar-refractivity contribution in [2.24, 2.45) is 11.8 Å². The molecule has 1 saturated heterocycles. The van der Waals surface area contributed by atoms with E-state index in [1.807, 2.05) is 24.3 Å². The van der Waals surface area contributed by atoms with Crippen LogP contribution in [0, 0.1) is 23.7 Å². The summed E-state index contributed by atoms with van der Waals surface area (Å²) >= 11 is 0. The number of allylic oxidation sites excluding steroid dienone is 1. The Hall–Kier alpha value is -2.96. The molecule has 1 aliphatic heterocycles. The van der Waals surface area contributed by atoms with Crippen molar-refractivity contribution in [3.63, 3.8) is 0 Å². The second-order valence-corrected chi connectivity index (χ2v) is 16.8. The van der Waals surface area contributed by atoms with Gasteiger partial charge in [0.1, 0.15) is 11.5 Å². The number of benzene rings is 1. The van der Waals surface area contributed by atoms with Crippen molar-refractivity contribution < 1.29 is 37.7 Å². The van der Waals surface area contributed by atoms with Crippen molar-refractivity contribution in [2.45, 2.75) is 96.7 Å². The van der Waals surface area contributed by atoms with Gasteiger partial charge in [0.2, 0.25) is 8.32 Å². The zero-order valence-electron chi connectivity index (χ0n) is 25.8. The standard InChI is InChI=1S/C32H46O8Si/c1-22(33)38-31-26-21-27(40-41(7,8)32(2,3)4)25(29(36-6)28(26)30(34)39-31)15-13-11-9-10-12-14-20-37-24-18-16-23(35-5)17-19-24/h16-19,26,28-29,31H,10,12-15,20-21H2,1-8H3/t26-,28-,29?,31-/m1/s1.